The Morgan fingerprint density at radius 2 is 2.00 bits per heavy atom. The summed E-state index contributed by atoms with van der Waals surface area (Å²) < 4.78 is 29.8. The summed E-state index contributed by atoms with van der Waals surface area (Å²) in [5.74, 6) is -0.0209. The number of para-hydroxylation sites is 1. The number of nitrogens with zero attached hydrogens (tertiary/aromatic N) is 3. The third-order valence-electron chi connectivity index (χ3n) is 4.80. The van der Waals surface area contributed by atoms with Crippen LogP contribution >= 0.6 is 11.6 Å². The molecular weight excluding hydrogens is 424 g/mol. The van der Waals surface area contributed by atoms with E-state index in [1.165, 1.54) is 6.08 Å². The van der Waals surface area contributed by atoms with E-state index in [0.717, 1.165) is 29.6 Å². The van der Waals surface area contributed by atoms with Crippen molar-refractivity contribution >= 4 is 44.5 Å². The van der Waals surface area contributed by atoms with E-state index < -0.39 is 15.9 Å². The first-order valence-electron chi connectivity index (χ1n) is 9.75. The fourth-order valence-electron chi connectivity index (χ4n) is 3.40. The van der Waals surface area contributed by atoms with Crippen LogP contribution in [-0.2, 0) is 21.9 Å². The third-order valence-corrected chi connectivity index (χ3v) is 6.44. The van der Waals surface area contributed by atoms with Gasteiger partial charge < -0.3 is 0 Å². The predicted molar refractivity (Wildman–Crippen MR) is 120 cm³/mol. The number of amides is 1. The van der Waals surface area contributed by atoms with Gasteiger partial charge in [0, 0.05) is 30.3 Å². The van der Waals surface area contributed by atoms with E-state index in [2.05, 4.69) is 9.82 Å². The molecule has 1 aromatic carbocycles. The van der Waals surface area contributed by atoms with Gasteiger partial charge in [-0.2, -0.15) is 5.10 Å². The van der Waals surface area contributed by atoms with Gasteiger partial charge in [-0.3, -0.25) is 14.0 Å². The van der Waals surface area contributed by atoms with Crippen LogP contribution in [0.5, 0.6) is 0 Å². The number of sulfonamides is 1. The molecule has 0 unspecified atom stereocenters. The minimum absolute atomic E-state index is 0.0640. The maximum atomic E-state index is 12.2. The number of rotatable bonds is 8. The van der Waals surface area contributed by atoms with Crippen LogP contribution in [0.15, 0.2) is 36.5 Å². The number of aromatic nitrogens is 3. The Bertz CT molecular complexity index is 1210. The standard InChI is InChI=1S/C21H25ClN4O3S/c1-4-5-8-13-30(28,29)24-20(27)12-11-16-15(2)23-25(3)21(16)26-14-18(22)17-9-6-7-10-19(17)26/h6-7,9-12,14H,4-5,8,13H2,1-3H3,(H,24,27)/b12-11+. The fourth-order valence-corrected chi connectivity index (χ4v) is 4.71. The first-order valence-corrected chi connectivity index (χ1v) is 11.8. The number of hydrogen-bond donors (Lipinski definition) is 1. The largest absolute Gasteiger partial charge is 0.299 e. The van der Waals surface area contributed by atoms with Crippen LogP contribution in [-0.4, -0.2) is 34.4 Å². The van der Waals surface area contributed by atoms with Gasteiger partial charge in [0.15, 0.2) is 0 Å². The molecule has 3 rings (SSSR count). The lowest BCUT2D eigenvalue weighted by Gasteiger charge is -2.08. The van der Waals surface area contributed by atoms with E-state index in [0.29, 0.717) is 22.7 Å². The zero-order chi connectivity index (χ0) is 21.9. The third kappa shape index (κ3) is 4.76. The highest BCUT2D eigenvalue weighted by atomic mass is 35.5. The number of hydrogen-bond acceptors (Lipinski definition) is 4. The Balaban J connectivity index is 1.90. The van der Waals surface area contributed by atoms with Gasteiger partial charge in [0.05, 0.1) is 22.0 Å². The molecule has 0 bridgehead atoms. The van der Waals surface area contributed by atoms with E-state index in [9.17, 15) is 13.2 Å². The van der Waals surface area contributed by atoms with E-state index >= 15 is 0 Å². The van der Waals surface area contributed by atoms with Crippen LogP contribution in [0, 0.1) is 6.92 Å². The van der Waals surface area contributed by atoms with Crippen LogP contribution in [0.3, 0.4) is 0 Å². The molecule has 0 aliphatic rings. The molecule has 3 aromatic rings. The maximum absolute atomic E-state index is 12.2. The van der Waals surface area contributed by atoms with Crippen molar-refractivity contribution in [1.29, 1.82) is 0 Å². The predicted octanol–water partition coefficient (Wildman–Crippen LogP) is 3.98. The van der Waals surface area contributed by atoms with E-state index in [-0.39, 0.29) is 5.75 Å². The molecule has 0 aliphatic heterocycles. The molecular formula is C21H25ClN4O3S. The van der Waals surface area contributed by atoms with Crippen LogP contribution in [0.2, 0.25) is 5.02 Å². The summed E-state index contributed by atoms with van der Waals surface area (Å²) in [6, 6.07) is 7.72. The Hall–Kier alpha value is -2.58. The molecule has 0 atom stereocenters. The smallest absolute Gasteiger partial charge is 0.257 e. The molecule has 2 heterocycles. The highest BCUT2D eigenvalue weighted by Gasteiger charge is 2.18. The lowest BCUT2D eigenvalue weighted by molar-refractivity contribution is -0.114. The summed E-state index contributed by atoms with van der Waals surface area (Å²) in [5, 5.41) is 5.97. The number of carbonyl (C=O) groups is 1. The number of fused-ring (bicyclic) bond motifs is 1. The van der Waals surface area contributed by atoms with Crippen LogP contribution in [0.25, 0.3) is 22.8 Å². The summed E-state index contributed by atoms with van der Waals surface area (Å²) in [6.45, 7) is 3.82. The molecule has 160 valence electrons. The van der Waals surface area contributed by atoms with Crippen molar-refractivity contribution in [3.8, 4) is 5.82 Å². The summed E-state index contributed by atoms with van der Waals surface area (Å²) in [4.78, 5) is 12.2. The van der Waals surface area contributed by atoms with Crippen molar-refractivity contribution in [3.63, 3.8) is 0 Å². The van der Waals surface area contributed by atoms with Crippen molar-refractivity contribution in [2.24, 2.45) is 7.05 Å². The minimum atomic E-state index is -3.64. The zero-order valence-electron chi connectivity index (χ0n) is 17.2. The van der Waals surface area contributed by atoms with Crippen LogP contribution in [0.4, 0.5) is 0 Å². The summed E-state index contributed by atoms with van der Waals surface area (Å²) in [7, 11) is -1.84. The first-order chi connectivity index (χ1) is 14.2. The molecule has 9 heteroatoms. The van der Waals surface area contributed by atoms with Gasteiger partial charge in [0.2, 0.25) is 10.0 Å². The van der Waals surface area contributed by atoms with Gasteiger partial charge in [0.1, 0.15) is 5.82 Å². The van der Waals surface area contributed by atoms with E-state index in [4.69, 9.17) is 11.6 Å². The molecule has 2 aromatic heterocycles. The molecule has 7 nitrogen and oxygen atoms in total. The number of benzene rings is 1. The molecule has 1 amide bonds. The number of carbonyl (C=O) groups excluding carboxylic acids is 1. The van der Waals surface area contributed by atoms with Gasteiger partial charge in [-0.25, -0.2) is 13.1 Å². The second-order valence-electron chi connectivity index (χ2n) is 7.14. The van der Waals surface area contributed by atoms with Gasteiger partial charge in [-0.15, -0.1) is 0 Å². The normalized spacial score (nSPS) is 12.1. The second kappa shape index (κ2) is 9.06. The van der Waals surface area contributed by atoms with E-state index in [1.807, 2.05) is 42.7 Å². The Morgan fingerprint density at radius 3 is 2.73 bits per heavy atom. The SMILES string of the molecule is CCCCCS(=O)(=O)NC(=O)/C=C/c1c(C)nn(C)c1-n1cc(Cl)c2ccccc21. The van der Waals surface area contributed by atoms with Crippen molar-refractivity contribution in [3.05, 3.63) is 52.8 Å². The summed E-state index contributed by atoms with van der Waals surface area (Å²) in [6.07, 6.45) is 6.84. The molecule has 0 saturated heterocycles. The summed E-state index contributed by atoms with van der Waals surface area (Å²) in [5.41, 5.74) is 2.31. The minimum Gasteiger partial charge on any atom is -0.299 e. The number of halogens is 1. The number of aryl methyl sites for hydroxylation is 2. The fraction of sp³-hybridized carbons (Fsp3) is 0.333. The first kappa shape index (κ1) is 22.1. The lowest BCUT2D eigenvalue weighted by Crippen LogP contribution is -2.31. The number of nitrogens with one attached hydrogen (secondary N) is 1. The summed E-state index contributed by atoms with van der Waals surface area (Å²) >= 11 is 6.39. The molecule has 0 fully saturated rings. The molecule has 1 N–H and O–H groups in total. The topological polar surface area (TPSA) is 86.0 Å². The van der Waals surface area contributed by atoms with Crippen LogP contribution < -0.4 is 4.72 Å². The monoisotopic (exact) mass is 448 g/mol. The molecule has 30 heavy (non-hydrogen) atoms. The quantitative estimate of drug-likeness (QED) is 0.417. The van der Waals surface area contributed by atoms with Gasteiger partial charge in [-0.05, 0) is 25.5 Å². The average molecular weight is 449 g/mol. The highest BCUT2D eigenvalue weighted by Crippen LogP contribution is 2.30. The Morgan fingerprint density at radius 1 is 1.27 bits per heavy atom. The highest BCUT2D eigenvalue weighted by molar-refractivity contribution is 7.90. The van der Waals surface area contributed by atoms with Crippen molar-refractivity contribution in [2.45, 2.75) is 33.1 Å². The molecule has 0 spiro atoms. The average Bonchev–Trinajstić information content (AvgIpc) is 3.15. The Labute approximate surface area is 181 Å². The molecule has 0 saturated carbocycles. The molecule has 0 aliphatic carbocycles. The zero-order valence-corrected chi connectivity index (χ0v) is 18.8. The van der Waals surface area contributed by atoms with Gasteiger partial charge in [-0.1, -0.05) is 49.6 Å². The molecule has 0 radical (unpaired) electrons. The van der Waals surface area contributed by atoms with Crippen molar-refractivity contribution < 1.29 is 13.2 Å². The maximum Gasteiger partial charge on any atom is 0.257 e. The lowest BCUT2D eigenvalue weighted by atomic mass is 10.2. The van der Waals surface area contributed by atoms with Gasteiger partial charge in [0.25, 0.3) is 5.91 Å². The van der Waals surface area contributed by atoms with Gasteiger partial charge >= 0.3 is 0 Å². The number of unbranched alkanes of at least 4 members (excludes halogenated alkanes) is 2. The van der Waals surface area contributed by atoms with Crippen molar-refractivity contribution in [1.82, 2.24) is 19.1 Å². The van der Waals surface area contributed by atoms with Crippen LogP contribution in [0.1, 0.15) is 37.4 Å². The second-order valence-corrected chi connectivity index (χ2v) is 9.39. The van der Waals surface area contributed by atoms with Crippen molar-refractivity contribution in [2.75, 3.05) is 5.75 Å². The van der Waals surface area contributed by atoms with E-state index in [1.54, 1.807) is 24.0 Å². The Kier molecular flexibility index (Phi) is 6.67.